The van der Waals surface area contributed by atoms with Crippen molar-refractivity contribution in [1.82, 2.24) is 20.1 Å². The van der Waals surface area contributed by atoms with Crippen molar-refractivity contribution in [2.24, 2.45) is 0 Å². The maximum absolute atomic E-state index is 12.4. The second kappa shape index (κ2) is 8.83. The van der Waals surface area contributed by atoms with E-state index in [1.807, 2.05) is 12.1 Å². The van der Waals surface area contributed by atoms with Crippen molar-refractivity contribution in [3.05, 3.63) is 70.3 Å². The summed E-state index contributed by atoms with van der Waals surface area (Å²) in [6, 6.07) is 9.71. The van der Waals surface area contributed by atoms with Crippen LogP contribution in [-0.4, -0.2) is 46.4 Å². The lowest BCUT2D eigenvalue weighted by molar-refractivity contribution is -0.384. The van der Waals surface area contributed by atoms with E-state index in [2.05, 4.69) is 15.4 Å². The number of hydrogen-bond donors (Lipinski definition) is 1. The molecule has 0 spiro atoms. The zero-order valence-electron chi connectivity index (χ0n) is 15.9. The van der Waals surface area contributed by atoms with Crippen LogP contribution in [0.4, 0.5) is 5.69 Å². The third-order valence-corrected chi connectivity index (χ3v) is 4.25. The first-order valence-electron chi connectivity index (χ1n) is 8.66. The fourth-order valence-electron chi connectivity index (χ4n) is 2.80. The number of amides is 1. The van der Waals surface area contributed by atoms with Crippen molar-refractivity contribution in [1.29, 1.82) is 0 Å². The van der Waals surface area contributed by atoms with E-state index in [0.29, 0.717) is 24.5 Å². The number of carbonyl (C=O) groups excluding carboxylic acids is 1. The van der Waals surface area contributed by atoms with Gasteiger partial charge in [-0.3, -0.25) is 14.9 Å². The maximum atomic E-state index is 12.4. The van der Waals surface area contributed by atoms with Crippen molar-refractivity contribution in [3.8, 4) is 17.2 Å². The molecule has 1 heterocycles. The molecule has 1 N–H and O–H groups in total. The average molecular weight is 397 g/mol. The summed E-state index contributed by atoms with van der Waals surface area (Å²) in [5.74, 6) is 0.828. The van der Waals surface area contributed by atoms with Crippen LogP contribution in [0.25, 0.3) is 5.69 Å². The molecule has 0 aliphatic heterocycles. The monoisotopic (exact) mass is 397 g/mol. The zero-order valence-corrected chi connectivity index (χ0v) is 15.9. The van der Waals surface area contributed by atoms with Crippen LogP contribution in [0.15, 0.2) is 49.1 Å². The minimum atomic E-state index is -0.558. The van der Waals surface area contributed by atoms with Crippen LogP contribution in [-0.2, 0) is 6.42 Å². The Kier molecular flexibility index (Phi) is 6.03. The van der Waals surface area contributed by atoms with E-state index in [1.165, 1.54) is 35.5 Å². The molecule has 0 bridgehead atoms. The van der Waals surface area contributed by atoms with E-state index in [-0.39, 0.29) is 16.9 Å². The number of nitro groups is 1. The lowest BCUT2D eigenvalue weighted by Crippen LogP contribution is -2.25. The molecule has 0 saturated carbocycles. The SMILES string of the molecule is COc1ccc(CCNC(=O)c2ccc(-n3cncn3)c([N+](=O)[O-])c2)cc1OC. The summed E-state index contributed by atoms with van der Waals surface area (Å²) in [6.07, 6.45) is 3.19. The highest BCUT2D eigenvalue weighted by molar-refractivity contribution is 5.95. The Morgan fingerprint density at radius 1 is 1.17 bits per heavy atom. The molecule has 10 heteroatoms. The van der Waals surface area contributed by atoms with Crippen LogP contribution >= 0.6 is 0 Å². The number of aromatic nitrogens is 3. The Labute approximate surface area is 166 Å². The number of nitrogens with zero attached hydrogens (tertiary/aromatic N) is 4. The summed E-state index contributed by atoms with van der Waals surface area (Å²) < 4.78 is 11.7. The number of hydrogen-bond acceptors (Lipinski definition) is 7. The smallest absolute Gasteiger partial charge is 0.295 e. The van der Waals surface area contributed by atoms with Crippen LogP contribution in [0.1, 0.15) is 15.9 Å². The van der Waals surface area contributed by atoms with Gasteiger partial charge < -0.3 is 14.8 Å². The van der Waals surface area contributed by atoms with Crippen LogP contribution in [0.2, 0.25) is 0 Å². The second-order valence-corrected chi connectivity index (χ2v) is 6.00. The van der Waals surface area contributed by atoms with Crippen molar-refractivity contribution >= 4 is 11.6 Å². The first-order valence-corrected chi connectivity index (χ1v) is 8.66. The number of ether oxygens (including phenoxy) is 2. The fourth-order valence-corrected chi connectivity index (χ4v) is 2.80. The molecule has 150 valence electrons. The Hall–Kier alpha value is -3.95. The van der Waals surface area contributed by atoms with Gasteiger partial charge in [0.1, 0.15) is 18.3 Å². The second-order valence-electron chi connectivity index (χ2n) is 6.00. The van der Waals surface area contributed by atoms with Gasteiger partial charge in [0.15, 0.2) is 11.5 Å². The van der Waals surface area contributed by atoms with Crippen LogP contribution < -0.4 is 14.8 Å². The first kappa shape index (κ1) is 19.8. The summed E-state index contributed by atoms with van der Waals surface area (Å²) >= 11 is 0. The Balaban J connectivity index is 1.68. The fraction of sp³-hybridized carbons (Fsp3) is 0.211. The summed E-state index contributed by atoms with van der Waals surface area (Å²) in [6.45, 7) is 0.354. The molecule has 0 atom stereocenters. The molecular formula is C19H19N5O5. The van der Waals surface area contributed by atoms with Gasteiger partial charge in [0.2, 0.25) is 0 Å². The first-order chi connectivity index (χ1) is 14.0. The number of nitro benzene ring substituents is 1. The Morgan fingerprint density at radius 3 is 2.62 bits per heavy atom. The highest BCUT2D eigenvalue weighted by Crippen LogP contribution is 2.27. The van der Waals surface area contributed by atoms with Crippen molar-refractivity contribution in [2.45, 2.75) is 6.42 Å². The van der Waals surface area contributed by atoms with E-state index in [0.717, 1.165) is 5.56 Å². The molecule has 0 aliphatic carbocycles. The standard InChI is InChI=1S/C19H19N5O5/c1-28-17-6-3-13(9-18(17)29-2)7-8-21-19(25)14-4-5-15(16(10-14)24(26)27)23-12-20-11-22-23/h3-6,9-12H,7-8H2,1-2H3,(H,21,25). The zero-order chi connectivity index (χ0) is 20.8. The predicted molar refractivity (Wildman–Crippen MR) is 104 cm³/mol. The summed E-state index contributed by atoms with van der Waals surface area (Å²) in [5, 5.41) is 18.1. The average Bonchev–Trinajstić information content (AvgIpc) is 3.27. The van der Waals surface area contributed by atoms with Crippen molar-refractivity contribution in [3.63, 3.8) is 0 Å². The topological polar surface area (TPSA) is 121 Å². The number of carbonyl (C=O) groups is 1. The third-order valence-electron chi connectivity index (χ3n) is 4.25. The van der Waals surface area contributed by atoms with Gasteiger partial charge in [-0.15, -0.1) is 0 Å². The van der Waals surface area contributed by atoms with Gasteiger partial charge in [-0.25, -0.2) is 9.67 Å². The highest BCUT2D eigenvalue weighted by atomic mass is 16.6. The van der Waals surface area contributed by atoms with E-state index in [4.69, 9.17) is 9.47 Å². The molecule has 0 saturated heterocycles. The van der Waals surface area contributed by atoms with Crippen LogP contribution in [0.5, 0.6) is 11.5 Å². The minimum absolute atomic E-state index is 0.188. The minimum Gasteiger partial charge on any atom is -0.493 e. The molecule has 3 aromatic rings. The molecule has 0 unspecified atom stereocenters. The number of rotatable bonds is 8. The summed E-state index contributed by atoms with van der Waals surface area (Å²) in [7, 11) is 3.12. The van der Waals surface area contributed by atoms with Gasteiger partial charge in [-0.05, 0) is 36.2 Å². The Bertz CT molecular complexity index is 1020. The molecule has 1 amide bonds. The molecule has 1 aromatic heterocycles. The van der Waals surface area contributed by atoms with E-state index in [9.17, 15) is 14.9 Å². The molecule has 29 heavy (non-hydrogen) atoms. The number of nitrogens with one attached hydrogen (secondary N) is 1. The quantitative estimate of drug-likeness (QED) is 0.457. The third kappa shape index (κ3) is 4.49. The molecule has 10 nitrogen and oxygen atoms in total. The van der Waals surface area contributed by atoms with Gasteiger partial charge in [-0.1, -0.05) is 6.07 Å². The summed E-state index contributed by atoms with van der Waals surface area (Å²) in [5.41, 5.74) is 1.14. The number of benzene rings is 2. The molecule has 0 aliphatic rings. The van der Waals surface area contributed by atoms with Crippen LogP contribution in [0, 0.1) is 10.1 Å². The molecule has 0 fully saturated rings. The molecule has 2 aromatic carbocycles. The molecule has 3 rings (SSSR count). The lowest BCUT2D eigenvalue weighted by atomic mass is 10.1. The van der Waals surface area contributed by atoms with Crippen molar-refractivity contribution < 1.29 is 19.2 Å². The Morgan fingerprint density at radius 2 is 1.97 bits per heavy atom. The number of methoxy groups -OCH3 is 2. The van der Waals surface area contributed by atoms with Gasteiger partial charge in [0.25, 0.3) is 11.6 Å². The van der Waals surface area contributed by atoms with Gasteiger partial charge in [-0.2, -0.15) is 5.10 Å². The largest absolute Gasteiger partial charge is 0.493 e. The molecular weight excluding hydrogens is 378 g/mol. The maximum Gasteiger partial charge on any atom is 0.295 e. The molecule has 0 radical (unpaired) electrons. The van der Waals surface area contributed by atoms with E-state index in [1.54, 1.807) is 20.3 Å². The van der Waals surface area contributed by atoms with Gasteiger partial charge in [0.05, 0.1) is 19.1 Å². The van der Waals surface area contributed by atoms with Crippen molar-refractivity contribution in [2.75, 3.05) is 20.8 Å². The normalized spacial score (nSPS) is 10.4. The lowest BCUT2D eigenvalue weighted by Gasteiger charge is -2.10. The van der Waals surface area contributed by atoms with E-state index < -0.39 is 10.8 Å². The summed E-state index contributed by atoms with van der Waals surface area (Å²) in [4.78, 5) is 27.0. The van der Waals surface area contributed by atoms with Gasteiger partial charge >= 0.3 is 0 Å². The van der Waals surface area contributed by atoms with Crippen LogP contribution in [0.3, 0.4) is 0 Å². The highest BCUT2D eigenvalue weighted by Gasteiger charge is 2.19. The van der Waals surface area contributed by atoms with E-state index >= 15 is 0 Å². The predicted octanol–water partition coefficient (Wildman–Crippen LogP) is 2.17. The van der Waals surface area contributed by atoms with Gasteiger partial charge in [0, 0.05) is 18.2 Å².